The summed E-state index contributed by atoms with van der Waals surface area (Å²) in [5.41, 5.74) is 0. The molecule has 0 bridgehead atoms. The largest absolute Gasteiger partial charge is 0.480 e. The van der Waals surface area contributed by atoms with Gasteiger partial charge in [0.25, 0.3) is 0 Å². The van der Waals surface area contributed by atoms with E-state index in [9.17, 15) is 4.79 Å². The van der Waals surface area contributed by atoms with E-state index in [4.69, 9.17) is 5.11 Å². The number of nitrogens with one attached hydrogen (secondary N) is 1. The normalized spacial score (nSPS) is 25.6. The minimum absolute atomic E-state index is 0.153. The first-order valence-electron chi connectivity index (χ1n) is 5.39. The third-order valence-electron chi connectivity index (χ3n) is 2.63. The summed E-state index contributed by atoms with van der Waals surface area (Å²) in [6.45, 7) is 2.14. The lowest BCUT2D eigenvalue weighted by Crippen LogP contribution is -2.41. The minimum atomic E-state index is -0.738. The van der Waals surface area contributed by atoms with Gasteiger partial charge in [0.1, 0.15) is 6.04 Å². The Hall–Kier alpha value is -0.520. The fourth-order valence-corrected chi connectivity index (χ4v) is 4.06. The second-order valence-corrected chi connectivity index (χ2v) is 6.17. The lowest BCUT2D eigenvalue weighted by Gasteiger charge is -2.27. The molecule has 1 aliphatic heterocycles. The van der Waals surface area contributed by atoms with Crippen LogP contribution < -0.4 is 5.32 Å². The summed E-state index contributed by atoms with van der Waals surface area (Å²) >= 11 is 3.57. The fraction of sp³-hybridized carbons (Fsp3) is 0.545. The lowest BCUT2D eigenvalue weighted by atomic mass is 10.2. The molecule has 2 atom stereocenters. The fourth-order valence-electron chi connectivity index (χ4n) is 1.70. The van der Waals surface area contributed by atoms with Crippen molar-refractivity contribution in [2.24, 2.45) is 0 Å². The summed E-state index contributed by atoms with van der Waals surface area (Å²) < 4.78 is 0. The Morgan fingerprint density at radius 1 is 1.62 bits per heavy atom. The molecule has 1 aromatic heterocycles. The number of thioether (sulfide) groups is 1. The van der Waals surface area contributed by atoms with E-state index in [1.54, 1.807) is 23.1 Å². The molecule has 2 rings (SSSR count). The van der Waals surface area contributed by atoms with E-state index in [2.05, 4.69) is 24.4 Å². The van der Waals surface area contributed by atoms with E-state index in [0.717, 1.165) is 12.2 Å². The number of aryl methyl sites for hydroxylation is 1. The molecule has 2 unspecified atom stereocenters. The Bertz CT molecular complexity index is 378. The van der Waals surface area contributed by atoms with E-state index >= 15 is 0 Å². The number of aliphatic carboxylic acids is 1. The van der Waals surface area contributed by atoms with Crippen LogP contribution in [0.4, 0.5) is 0 Å². The molecule has 1 fully saturated rings. The number of hydrogen-bond donors (Lipinski definition) is 2. The van der Waals surface area contributed by atoms with Crippen molar-refractivity contribution in [3.05, 3.63) is 21.9 Å². The number of hydrogen-bond acceptors (Lipinski definition) is 4. The molecule has 0 radical (unpaired) electrons. The average molecular weight is 257 g/mol. The van der Waals surface area contributed by atoms with Crippen molar-refractivity contribution in [3.63, 3.8) is 0 Å². The first-order valence-corrected chi connectivity index (χ1v) is 7.26. The number of carbonyl (C=O) groups is 1. The zero-order valence-corrected chi connectivity index (χ0v) is 10.7. The van der Waals surface area contributed by atoms with Crippen molar-refractivity contribution < 1.29 is 9.90 Å². The monoisotopic (exact) mass is 257 g/mol. The zero-order chi connectivity index (χ0) is 11.5. The van der Waals surface area contributed by atoms with Gasteiger partial charge in [-0.15, -0.1) is 23.1 Å². The van der Waals surface area contributed by atoms with E-state index in [0.29, 0.717) is 6.42 Å². The van der Waals surface area contributed by atoms with Crippen LogP contribution >= 0.6 is 23.1 Å². The van der Waals surface area contributed by atoms with Crippen LogP contribution in [0.1, 0.15) is 28.5 Å². The Balaban J connectivity index is 2.06. The quantitative estimate of drug-likeness (QED) is 0.873. The van der Waals surface area contributed by atoms with Gasteiger partial charge in [0.2, 0.25) is 0 Å². The number of rotatable bonds is 3. The highest BCUT2D eigenvalue weighted by atomic mass is 32.2. The third kappa shape index (κ3) is 2.59. The first-order chi connectivity index (χ1) is 7.70. The minimum Gasteiger partial charge on any atom is -0.480 e. The molecule has 1 saturated heterocycles. The summed E-state index contributed by atoms with van der Waals surface area (Å²) in [5.74, 6) is 0.172. The maximum Gasteiger partial charge on any atom is 0.320 e. The highest BCUT2D eigenvalue weighted by Gasteiger charge is 2.27. The molecule has 0 spiro atoms. The standard InChI is InChI=1S/C11H15NO2S2/c1-2-7-3-4-9(16-7)10-12-8(11(13)14)5-6-15-10/h3-4,8,10,12H,2,5-6H2,1H3,(H,13,14). The van der Waals surface area contributed by atoms with Crippen LogP contribution in [0.5, 0.6) is 0 Å². The van der Waals surface area contributed by atoms with Gasteiger partial charge in [0.05, 0.1) is 5.37 Å². The molecule has 2 N–H and O–H groups in total. The van der Waals surface area contributed by atoms with Gasteiger partial charge in [0.15, 0.2) is 0 Å². The van der Waals surface area contributed by atoms with Crippen molar-refractivity contribution >= 4 is 29.1 Å². The van der Waals surface area contributed by atoms with Gasteiger partial charge in [0, 0.05) is 9.75 Å². The summed E-state index contributed by atoms with van der Waals surface area (Å²) in [5, 5.41) is 12.3. The molecule has 1 aromatic rings. The Kier molecular flexibility index (Phi) is 3.89. The molecule has 0 aromatic carbocycles. The van der Waals surface area contributed by atoms with E-state index in [-0.39, 0.29) is 5.37 Å². The predicted molar refractivity (Wildman–Crippen MR) is 68.1 cm³/mol. The Morgan fingerprint density at radius 2 is 2.44 bits per heavy atom. The Morgan fingerprint density at radius 3 is 3.06 bits per heavy atom. The molecule has 16 heavy (non-hydrogen) atoms. The smallest absolute Gasteiger partial charge is 0.320 e. The molecule has 88 valence electrons. The molecule has 1 aliphatic rings. The molecule has 0 amide bonds. The second kappa shape index (κ2) is 5.21. The van der Waals surface area contributed by atoms with Crippen LogP contribution in [0.25, 0.3) is 0 Å². The van der Waals surface area contributed by atoms with Crippen molar-refractivity contribution in [3.8, 4) is 0 Å². The number of carboxylic acids is 1. The maximum atomic E-state index is 10.9. The van der Waals surface area contributed by atoms with Crippen molar-refractivity contribution in [2.45, 2.75) is 31.2 Å². The molecule has 2 heterocycles. The van der Waals surface area contributed by atoms with Gasteiger partial charge in [-0.1, -0.05) is 6.92 Å². The van der Waals surface area contributed by atoms with E-state index < -0.39 is 12.0 Å². The summed E-state index contributed by atoms with van der Waals surface area (Å²) in [6, 6.07) is 3.85. The van der Waals surface area contributed by atoms with Gasteiger partial charge in [-0.3, -0.25) is 10.1 Å². The van der Waals surface area contributed by atoms with Gasteiger partial charge >= 0.3 is 5.97 Å². The van der Waals surface area contributed by atoms with Crippen molar-refractivity contribution in [2.75, 3.05) is 5.75 Å². The predicted octanol–water partition coefficient (Wildman–Crippen LogP) is 2.49. The third-order valence-corrected chi connectivity index (χ3v) is 5.27. The zero-order valence-electron chi connectivity index (χ0n) is 9.10. The summed E-state index contributed by atoms with van der Waals surface area (Å²) in [6.07, 6.45) is 1.76. The van der Waals surface area contributed by atoms with Crippen LogP contribution in [0.2, 0.25) is 0 Å². The van der Waals surface area contributed by atoms with Crippen LogP contribution in [0, 0.1) is 0 Å². The molecule has 0 aliphatic carbocycles. The van der Waals surface area contributed by atoms with Gasteiger partial charge in [-0.25, -0.2) is 0 Å². The Labute approximate surface area is 103 Å². The molecular weight excluding hydrogens is 242 g/mol. The van der Waals surface area contributed by atoms with E-state index in [1.807, 2.05) is 0 Å². The van der Waals surface area contributed by atoms with Crippen molar-refractivity contribution in [1.29, 1.82) is 0 Å². The summed E-state index contributed by atoms with van der Waals surface area (Å²) in [7, 11) is 0. The number of carboxylic acid groups (broad SMARTS) is 1. The topological polar surface area (TPSA) is 49.3 Å². The SMILES string of the molecule is CCc1ccc(C2NC(C(=O)O)CCS2)s1. The number of thiophene rings is 1. The van der Waals surface area contributed by atoms with Crippen LogP contribution in [0.3, 0.4) is 0 Å². The second-order valence-electron chi connectivity index (χ2n) is 3.75. The average Bonchev–Trinajstić information content (AvgIpc) is 2.77. The summed E-state index contributed by atoms with van der Waals surface area (Å²) in [4.78, 5) is 13.5. The first kappa shape index (κ1) is 12.0. The molecular formula is C11H15NO2S2. The molecule has 5 heteroatoms. The highest BCUT2D eigenvalue weighted by molar-refractivity contribution is 7.99. The van der Waals surface area contributed by atoms with Crippen LogP contribution in [0.15, 0.2) is 12.1 Å². The van der Waals surface area contributed by atoms with Crippen LogP contribution in [-0.2, 0) is 11.2 Å². The van der Waals surface area contributed by atoms with Gasteiger partial charge in [-0.2, -0.15) is 0 Å². The van der Waals surface area contributed by atoms with Crippen molar-refractivity contribution in [1.82, 2.24) is 5.32 Å². The van der Waals surface area contributed by atoms with Crippen LogP contribution in [-0.4, -0.2) is 22.9 Å². The van der Waals surface area contributed by atoms with E-state index in [1.165, 1.54) is 9.75 Å². The van der Waals surface area contributed by atoms with Gasteiger partial charge < -0.3 is 5.11 Å². The van der Waals surface area contributed by atoms with Gasteiger partial charge in [-0.05, 0) is 30.7 Å². The highest BCUT2D eigenvalue weighted by Crippen LogP contribution is 2.35. The maximum absolute atomic E-state index is 10.9. The lowest BCUT2D eigenvalue weighted by molar-refractivity contribution is -0.139. The molecule has 0 saturated carbocycles. The molecule has 3 nitrogen and oxygen atoms in total.